The van der Waals surface area contributed by atoms with Crippen LogP contribution in [0.15, 0.2) is 24.3 Å². The maximum absolute atomic E-state index is 8.85. The zero-order valence-electron chi connectivity index (χ0n) is 10.2. The van der Waals surface area contributed by atoms with Crippen LogP contribution in [0.25, 0.3) is 0 Å². The van der Waals surface area contributed by atoms with Crippen molar-refractivity contribution in [3.05, 3.63) is 29.3 Å². The third kappa shape index (κ3) is 5.91. The highest BCUT2D eigenvalue weighted by molar-refractivity contribution is 6.30. The number of halogens is 1. The van der Waals surface area contributed by atoms with Gasteiger partial charge in [-0.3, -0.25) is 0 Å². The molecular formula is C13H20ClNO2. The van der Waals surface area contributed by atoms with Crippen molar-refractivity contribution in [3.63, 3.8) is 0 Å². The van der Waals surface area contributed by atoms with Gasteiger partial charge in [-0.15, -0.1) is 0 Å². The van der Waals surface area contributed by atoms with Gasteiger partial charge in [0.15, 0.2) is 0 Å². The molecule has 1 aromatic rings. The molecule has 0 fully saturated rings. The summed E-state index contributed by atoms with van der Waals surface area (Å²) in [6.07, 6.45) is 0.945. The highest BCUT2D eigenvalue weighted by Gasteiger charge is 2.01. The van der Waals surface area contributed by atoms with Gasteiger partial charge in [-0.2, -0.15) is 0 Å². The van der Waals surface area contributed by atoms with Crippen LogP contribution >= 0.6 is 11.6 Å². The summed E-state index contributed by atoms with van der Waals surface area (Å²) in [4.78, 5) is 2.20. The van der Waals surface area contributed by atoms with Crippen LogP contribution in [0.4, 0.5) is 0 Å². The van der Waals surface area contributed by atoms with Crippen molar-refractivity contribution in [2.24, 2.45) is 0 Å². The van der Waals surface area contributed by atoms with Crippen LogP contribution in [0.3, 0.4) is 0 Å². The van der Waals surface area contributed by atoms with Crippen LogP contribution in [0.5, 0.6) is 5.75 Å². The molecule has 0 bridgehead atoms. The first kappa shape index (κ1) is 14.3. The molecule has 96 valence electrons. The quantitative estimate of drug-likeness (QED) is 0.726. The second-order valence-corrected chi connectivity index (χ2v) is 4.25. The Hall–Kier alpha value is -0.770. The fraction of sp³-hybridized carbons (Fsp3) is 0.538. The van der Waals surface area contributed by atoms with E-state index >= 15 is 0 Å². The van der Waals surface area contributed by atoms with E-state index < -0.39 is 0 Å². The number of hydrogen-bond donors (Lipinski definition) is 1. The van der Waals surface area contributed by atoms with Crippen LogP contribution in [0.1, 0.15) is 13.3 Å². The molecule has 0 radical (unpaired) electrons. The summed E-state index contributed by atoms with van der Waals surface area (Å²) in [5.41, 5.74) is 0. The van der Waals surface area contributed by atoms with Crippen molar-refractivity contribution in [2.45, 2.75) is 13.3 Å². The van der Waals surface area contributed by atoms with Crippen LogP contribution in [-0.2, 0) is 0 Å². The topological polar surface area (TPSA) is 32.7 Å². The number of aliphatic hydroxyl groups excluding tert-OH is 1. The second-order valence-electron chi connectivity index (χ2n) is 3.82. The van der Waals surface area contributed by atoms with E-state index in [0.717, 1.165) is 31.8 Å². The van der Waals surface area contributed by atoms with Gasteiger partial charge in [0, 0.05) is 18.1 Å². The van der Waals surface area contributed by atoms with Crippen molar-refractivity contribution in [3.8, 4) is 5.75 Å². The predicted molar refractivity (Wildman–Crippen MR) is 70.8 cm³/mol. The molecule has 3 nitrogen and oxygen atoms in total. The first-order valence-corrected chi connectivity index (χ1v) is 6.35. The standard InChI is InChI=1S/C13H20ClNO2/c1-2-15(8-9-16)7-4-10-17-13-6-3-5-12(14)11-13/h3,5-6,11,16H,2,4,7-10H2,1H3. The van der Waals surface area contributed by atoms with Gasteiger partial charge in [-0.05, 0) is 31.2 Å². The molecule has 1 rings (SSSR count). The minimum absolute atomic E-state index is 0.211. The molecule has 0 aliphatic heterocycles. The molecule has 0 saturated carbocycles. The van der Waals surface area contributed by atoms with Gasteiger partial charge in [-0.25, -0.2) is 0 Å². The van der Waals surface area contributed by atoms with E-state index in [4.69, 9.17) is 21.4 Å². The van der Waals surface area contributed by atoms with Gasteiger partial charge in [-0.1, -0.05) is 24.6 Å². The third-order valence-electron chi connectivity index (χ3n) is 2.55. The van der Waals surface area contributed by atoms with Gasteiger partial charge in [0.05, 0.1) is 13.2 Å². The van der Waals surface area contributed by atoms with Gasteiger partial charge in [0.25, 0.3) is 0 Å². The Morgan fingerprint density at radius 3 is 2.82 bits per heavy atom. The van der Waals surface area contributed by atoms with Crippen LogP contribution in [0.2, 0.25) is 5.02 Å². The van der Waals surface area contributed by atoms with Crippen LogP contribution < -0.4 is 4.74 Å². The third-order valence-corrected chi connectivity index (χ3v) is 2.78. The monoisotopic (exact) mass is 257 g/mol. The average molecular weight is 258 g/mol. The van der Waals surface area contributed by atoms with Gasteiger partial charge in [0.2, 0.25) is 0 Å². The SMILES string of the molecule is CCN(CCO)CCCOc1cccc(Cl)c1. The van der Waals surface area contributed by atoms with Gasteiger partial charge in [0.1, 0.15) is 5.75 Å². The lowest BCUT2D eigenvalue weighted by Crippen LogP contribution is -2.28. The Morgan fingerprint density at radius 1 is 1.35 bits per heavy atom. The Bertz CT molecular complexity index is 320. The van der Waals surface area contributed by atoms with E-state index in [1.54, 1.807) is 0 Å². The van der Waals surface area contributed by atoms with Crippen molar-refractivity contribution in [1.29, 1.82) is 0 Å². The fourth-order valence-corrected chi connectivity index (χ4v) is 1.78. The molecule has 0 aliphatic rings. The first-order chi connectivity index (χ1) is 8.26. The number of ether oxygens (including phenoxy) is 1. The summed E-state index contributed by atoms with van der Waals surface area (Å²) in [5, 5.41) is 9.54. The molecule has 0 aromatic heterocycles. The minimum Gasteiger partial charge on any atom is -0.493 e. The van der Waals surface area contributed by atoms with E-state index in [9.17, 15) is 0 Å². The maximum Gasteiger partial charge on any atom is 0.120 e. The number of likely N-dealkylation sites (N-methyl/N-ethyl adjacent to an activating group) is 1. The van der Waals surface area contributed by atoms with Gasteiger partial charge < -0.3 is 14.7 Å². The summed E-state index contributed by atoms with van der Waals surface area (Å²) in [7, 11) is 0. The van der Waals surface area contributed by atoms with E-state index in [-0.39, 0.29) is 6.61 Å². The van der Waals surface area contributed by atoms with E-state index in [1.807, 2.05) is 24.3 Å². The normalized spacial score (nSPS) is 10.8. The molecule has 0 spiro atoms. The van der Waals surface area contributed by atoms with Crippen molar-refractivity contribution < 1.29 is 9.84 Å². The molecule has 0 aliphatic carbocycles. The Kier molecular flexibility index (Phi) is 7.01. The zero-order valence-corrected chi connectivity index (χ0v) is 11.0. The van der Waals surface area contributed by atoms with E-state index in [1.165, 1.54) is 0 Å². The Morgan fingerprint density at radius 2 is 2.18 bits per heavy atom. The average Bonchev–Trinajstić information content (AvgIpc) is 2.33. The molecule has 17 heavy (non-hydrogen) atoms. The fourth-order valence-electron chi connectivity index (χ4n) is 1.60. The molecule has 1 N–H and O–H groups in total. The highest BCUT2D eigenvalue weighted by Crippen LogP contribution is 2.17. The summed E-state index contributed by atoms with van der Waals surface area (Å²) in [5.74, 6) is 0.808. The minimum atomic E-state index is 0.211. The number of aliphatic hydroxyl groups is 1. The Balaban J connectivity index is 2.19. The molecule has 0 heterocycles. The summed E-state index contributed by atoms with van der Waals surface area (Å²) >= 11 is 5.86. The van der Waals surface area contributed by atoms with E-state index in [0.29, 0.717) is 11.6 Å². The number of rotatable bonds is 8. The molecule has 0 saturated heterocycles. The lowest BCUT2D eigenvalue weighted by molar-refractivity contribution is 0.189. The van der Waals surface area contributed by atoms with Crippen molar-refractivity contribution >= 4 is 11.6 Å². The van der Waals surface area contributed by atoms with Gasteiger partial charge >= 0.3 is 0 Å². The predicted octanol–water partition coefficient (Wildman–Crippen LogP) is 2.42. The van der Waals surface area contributed by atoms with E-state index in [2.05, 4.69) is 11.8 Å². The summed E-state index contributed by atoms with van der Waals surface area (Å²) in [6, 6.07) is 7.42. The summed E-state index contributed by atoms with van der Waals surface area (Å²) in [6.45, 7) is 5.60. The largest absolute Gasteiger partial charge is 0.493 e. The van der Waals surface area contributed by atoms with Crippen LogP contribution in [0, 0.1) is 0 Å². The molecular weight excluding hydrogens is 238 g/mol. The van der Waals surface area contributed by atoms with Crippen molar-refractivity contribution in [1.82, 2.24) is 4.90 Å². The van der Waals surface area contributed by atoms with Crippen LogP contribution in [-0.4, -0.2) is 42.9 Å². The molecule has 1 aromatic carbocycles. The number of hydrogen-bond acceptors (Lipinski definition) is 3. The maximum atomic E-state index is 8.85. The Labute approximate surface area is 108 Å². The molecule has 0 atom stereocenters. The molecule has 0 amide bonds. The number of nitrogens with zero attached hydrogens (tertiary/aromatic N) is 1. The lowest BCUT2D eigenvalue weighted by Gasteiger charge is -2.18. The second kappa shape index (κ2) is 8.34. The lowest BCUT2D eigenvalue weighted by atomic mass is 10.3. The zero-order chi connectivity index (χ0) is 12.5. The summed E-state index contributed by atoms with van der Waals surface area (Å²) < 4.78 is 5.59. The van der Waals surface area contributed by atoms with Crippen molar-refractivity contribution in [2.75, 3.05) is 32.8 Å². The molecule has 0 unspecified atom stereocenters. The highest BCUT2D eigenvalue weighted by atomic mass is 35.5. The molecule has 4 heteroatoms. The number of benzene rings is 1. The first-order valence-electron chi connectivity index (χ1n) is 5.98. The smallest absolute Gasteiger partial charge is 0.120 e.